The number of nitrogens with one attached hydrogen (secondary N) is 5. The first-order valence-corrected chi connectivity index (χ1v) is 38.3. The molecule has 5 aliphatic heterocycles. The summed E-state index contributed by atoms with van der Waals surface area (Å²) in [5, 5.41) is 62.5. The number of aryl methyl sites for hydroxylation is 2. The number of methoxy groups -OCH3 is 1. The number of aliphatic hydroxyl groups excluding tert-OH is 1. The normalized spacial score (nSPS) is 26.1. The first-order chi connectivity index (χ1) is 51.1. The molecule has 8 heterocycles. The molecule has 1 spiro atoms. The van der Waals surface area contributed by atoms with Gasteiger partial charge in [0, 0.05) is 132 Å². The van der Waals surface area contributed by atoms with E-state index in [4.69, 9.17) is 31.2 Å². The molecule has 6 aromatic rings. The van der Waals surface area contributed by atoms with E-state index in [9.17, 15) is 59.1 Å². The zero-order valence-corrected chi connectivity index (χ0v) is 61.8. The van der Waals surface area contributed by atoms with E-state index in [1.165, 1.54) is 11.8 Å². The van der Waals surface area contributed by atoms with Crippen molar-refractivity contribution in [1.29, 1.82) is 0 Å². The number of piperidine rings is 1. The van der Waals surface area contributed by atoms with Crippen molar-refractivity contribution in [2.24, 2.45) is 23.2 Å². The van der Waals surface area contributed by atoms with E-state index in [-0.39, 0.29) is 78.2 Å². The number of hydrogen-bond acceptors (Lipinski definition) is 24. The number of hydrazine groups is 1. The molecular formula is C76H90N12O17S2. The van der Waals surface area contributed by atoms with Crippen molar-refractivity contribution < 1.29 is 78.2 Å². The fraction of sp³-hybridized carbons (Fsp3) is 0.500. The lowest BCUT2D eigenvalue weighted by atomic mass is 9.47. The maximum atomic E-state index is 15.2. The summed E-state index contributed by atoms with van der Waals surface area (Å²) in [7, 11) is 5.72. The number of carboxylic acid groups (broad SMARTS) is 2. The number of ketones is 2. The molecule has 2 bridgehead atoms. The van der Waals surface area contributed by atoms with Gasteiger partial charge in [0.25, 0.3) is 11.5 Å². The highest BCUT2D eigenvalue weighted by atomic mass is 33.1. The Morgan fingerprint density at radius 2 is 1.65 bits per heavy atom. The number of nitrogens with zero attached hydrogens (tertiary/aromatic N) is 6. The molecule has 1 aliphatic carbocycles. The summed E-state index contributed by atoms with van der Waals surface area (Å²) >= 11 is 0. The van der Waals surface area contributed by atoms with Gasteiger partial charge in [0.05, 0.1) is 48.5 Å². The zero-order chi connectivity index (χ0) is 76.9. The molecule has 31 heteroatoms. The average Bonchev–Trinajstić information content (AvgIpc) is 1.50. The lowest BCUT2D eigenvalue weighted by molar-refractivity contribution is -0.204. The van der Waals surface area contributed by atoms with Crippen LogP contribution in [-0.4, -0.2) is 208 Å². The summed E-state index contributed by atoms with van der Waals surface area (Å²) in [5.74, 6) is -5.00. The van der Waals surface area contributed by atoms with E-state index >= 15 is 4.79 Å². The van der Waals surface area contributed by atoms with Crippen LogP contribution in [0.5, 0.6) is 5.75 Å². The number of aliphatic hydroxyl groups is 3. The van der Waals surface area contributed by atoms with Crippen LogP contribution in [-0.2, 0) is 68.4 Å². The second-order valence-corrected chi connectivity index (χ2v) is 31.7. The van der Waals surface area contributed by atoms with Crippen molar-refractivity contribution in [2.45, 2.75) is 151 Å². The summed E-state index contributed by atoms with van der Waals surface area (Å²) in [4.78, 5) is 148. The fourth-order valence-electron chi connectivity index (χ4n) is 17.9. The van der Waals surface area contributed by atoms with Crippen molar-refractivity contribution in [3.05, 3.63) is 129 Å². The lowest BCUT2D eigenvalue weighted by Crippen LogP contribution is -2.82. The Bertz CT molecular complexity index is 4580. The van der Waals surface area contributed by atoms with E-state index in [1.807, 2.05) is 43.2 Å². The predicted molar refractivity (Wildman–Crippen MR) is 397 cm³/mol. The summed E-state index contributed by atoms with van der Waals surface area (Å²) < 4.78 is 11.9. The number of aromatic nitrogens is 5. The molecule has 29 nitrogen and oxygen atoms in total. The van der Waals surface area contributed by atoms with Crippen molar-refractivity contribution in [2.75, 3.05) is 75.6 Å². The van der Waals surface area contributed by atoms with Crippen molar-refractivity contribution >= 4 is 103 Å². The number of para-hydroxylation sites is 1. The third-order valence-electron chi connectivity index (χ3n) is 22.8. The first kappa shape index (κ1) is 78.6. The standard InChI is InChI=1S/C75H90N12O15S2.CO2/c1-7-13-53(79-58(90)23-21-45(63(92)93)32-55(88)44-19-16-42(17-20-44)18-22-47-38-77-61-59(78-47)62(91)82-69(76)81-61)56(89)33-46(64(94)95)40-104-103-31-30-102-70(98)84-83-68(97)75(100)66-74(26-29-87-27-12-25-73(9-3,65(74)87)67(75)96)50-34-51(57(101-6)35-54(50)85(66)5)71(4)36-43-37-72(99,8-2)41-86(39-43)28-24-49-48-14-10-11-15-52(48)80-60(49)71;2-1-3/h1,10-12,14-17,19-20,25,34-35,38,43,45-46,53,65-67,80,96,99-100H,8-9,13,18,21-24,26-33,36-37,39-41H2,2-6H3,(H,79,90)(H,83,97)(H,84,98)(H,92,93)(H,94,95)(H3,76,77,81,82,91);/t43-,45+,46+,53-,65-,66+,67+,71+,72-,73+,74+,75-;/m0./s1. The van der Waals surface area contributed by atoms with Crippen LogP contribution in [0.2, 0.25) is 0 Å². The molecular weight excluding hydrogens is 1420 g/mol. The van der Waals surface area contributed by atoms with Gasteiger partial charge in [-0.15, -0.1) is 12.3 Å². The van der Waals surface area contributed by atoms with Crippen LogP contribution in [0, 0.1) is 35.5 Å². The molecule has 12 N–H and O–H groups in total. The van der Waals surface area contributed by atoms with Gasteiger partial charge in [0.1, 0.15) is 18.5 Å². The molecule has 3 amide bonds. The van der Waals surface area contributed by atoms with Gasteiger partial charge >= 0.3 is 24.2 Å². The number of H-pyrrole nitrogens is 2. The van der Waals surface area contributed by atoms with E-state index in [0.717, 1.165) is 80.1 Å². The zero-order valence-electron chi connectivity index (χ0n) is 60.2. The van der Waals surface area contributed by atoms with Gasteiger partial charge in [-0.25, -0.2) is 20.2 Å². The number of carboxylic acids is 2. The number of terminal acetylenes is 1. The van der Waals surface area contributed by atoms with Crippen LogP contribution < -0.4 is 37.1 Å². The fourth-order valence-corrected chi connectivity index (χ4v) is 20.1. The minimum absolute atomic E-state index is 0.0498. The molecule has 107 heavy (non-hydrogen) atoms. The number of carbonyl (C=O) groups excluding carboxylic acids is 7. The predicted octanol–water partition coefficient (Wildman–Crippen LogP) is 4.97. The minimum atomic E-state index is -2.56. The molecule has 12 rings (SSSR count). The molecule has 568 valence electrons. The number of fused-ring (bicyclic) bond motifs is 7. The largest absolute Gasteiger partial charge is 0.496 e. The van der Waals surface area contributed by atoms with Crippen LogP contribution in [0.25, 0.3) is 22.1 Å². The van der Waals surface area contributed by atoms with Crippen LogP contribution in [0.1, 0.15) is 129 Å². The second-order valence-electron chi connectivity index (χ2n) is 29.1. The molecule has 2 saturated heterocycles. The number of nitrogens with two attached hydrogens (primary N) is 1. The molecule has 1 saturated carbocycles. The number of hydrogen-bond donors (Lipinski definition) is 11. The number of aliphatic carboxylic acids is 2. The topological polar surface area (TPSA) is 432 Å². The number of rotatable bonds is 27. The first-order valence-electron chi connectivity index (χ1n) is 35.8. The third-order valence-corrected chi connectivity index (χ3v) is 25.3. The molecule has 1 unspecified atom stereocenters. The summed E-state index contributed by atoms with van der Waals surface area (Å²) in [6.45, 7) is 9.47. The van der Waals surface area contributed by atoms with Crippen molar-refractivity contribution in [3.63, 3.8) is 0 Å². The second kappa shape index (κ2) is 32.5. The monoisotopic (exact) mass is 1510 g/mol. The number of ether oxygens (including phenoxy) is 2. The number of likely N-dealkylation sites (N-methyl/N-ethyl adjacent to an activating group) is 1. The van der Waals surface area contributed by atoms with Crippen LogP contribution >= 0.6 is 21.6 Å². The molecule has 3 aromatic carbocycles. The SMILES string of the molecule is C#CC[C@H](NC(=O)CC[C@H](CC(=O)c1ccc(CCc2cnc3nc(N)[nH]c(=O)c3n2)cc1)C(=O)O)C(=O)C[C@H](CSSCCOC(=O)NNC(=O)[C@@]1(O)[C@H](O)[C@]2(CC)C=CCN3CC[C@@]4(c5cc([C@@]6(C)C[C@@H]7CN(CCc8c6[nH]c6ccccc86)C[C@](O)(CC)C7)c(OC)cc5N(C)[C@@H]14)[C@@H]32)C(=O)O.O=C=O. The maximum absolute atomic E-state index is 15.2. The number of Topliss-reactive ketones (excluding diaryl/α,β-unsaturated/α-hetero) is 2. The van der Waals surface area contributed by atoms with Gasteiger partial charge in [0.15, 0.2) is 28.3 Å². The number of aromatic amines is 2. The Labute approximate surface area is 624 Å². The van der Waals surface area contributed by atoms with Gasteiger partial charge in [-0.1, -0.05) is 90.1 Å². The highest BCUT2D eigenvalue weighted by Gasteiger charge is 2.79. The Balaban J connectivity index is 0.00000374. The smallest absolute Gasteiger partial charge is 0.426 e. The maximum Gasteiger partial charge on any atom is 0.426 e. The van der Waals surface area contributed by atoms with Gasteiger partial charge < -0.3 is 55.9 Å². The third kappa shape index (κ3) is 15.4. The van der Waals surface area contributed by atoms with Gasteiger partial charge in [-0.2, -0.15) is 14.6 Å². The highest BCUT2D eigenvalue weighted by molar-refractivity contribution is 8.76. The minimum Gasteiger partial charge on any atom is -0.496 e. The molecule has 0 radical (unpaired) electrons. The number of nitrogen functional groups attached to an aromatic ring is 1. The van der Waals surface area contributed by atoms with Gasteiger partial charge in [-0.3, -0.25) is 53.8 Å². The summed E-state index contributed by atoms with van der Waals surface area (Å²) in [6, 6.07) is 16.5. The number of amides is 3. The van der Waals surface area contributed by atoms with Crippen molar-refractivity contribution in [1.82, 2.24) is 50.9 Å². The Morgan fingerprint density at radius 1 is 0.907 bits per heavy atom. The lowest BCUT2D eigenvalue weighted by Gasteiger charge is -2.63. The van der Waals surface area contributed by atoms with Crippen molar-refractivity contribution in [3.8, 4) is 18.1 Å². The Hall–Kier alpha value is -9.51. The Kier molecular flexibility index (Phi) is 23.9. The quantitative estimate of drug-likeness (QED) is 0.00810. The van der Waals surface area contributed by atoms with E-state index in [2.05, 4.69) is 94.9 Å². The van der Waals surface area contributed by atoms with Crippen LogP contribution in [0.3, 0.4) is 0 Å². The highest BCUT2D eigenvalue weighted by Crippen LogP contribution is 2.67. The van der Waals surface area contributed by atoms with Crippen LogP contribution in [0.15, 0.2) is 83.8 Å². The molecule has 3 fully saturated rings. The number of anilines is 2. The molecule has 6 aliphatic rings. The summed E-state index contributed by atoms with van der Waals surface area (Å²) in [6.07, 6.45) is 11.1. The number of benzene rings is 3. The summed E-state index contributed by atoms with van der Waals surface area (Å²) in [5.41, 5.74) is 11.2. The molecule has 3 aromatic heterocycles. The van der Waals surface area contributed by atoms with Gasteiger partial charge in [0.2, 0.25) is 11.9 Å². The number of carbonyl (C=O) groups is 7. The molecule has 13 atom stereocenters. The average molecular weight is 1510 g/mol. The Morgan fingerprint density at radius 3 is 2.36 bits per heavy atom. The van der Waals surface area contributed by atoms with E-state index in [0.29, 0.717) is 76.0 Å². The van der Waals surface area contributed by atoms with E-state index < -0.39 is 117 Å². The van der Waals surface area contributed by atoms with E-state index in [1.54, 1.807) is 31.4 Å². The van der Waals surface area contributed by atoms with Crippen LogP contribution in [0.4, 0.5) is 16.4 Å². The van der Waals surface area contributed by atoms with Gasteiger partial charge in [-0.05, 0) is 106 Å².